The molecule has 1 unspecified atom stereocenters. The standard InChI is InChI=1S/C20H23NO4S2/c22-27(23)15-19(26-17-4-2-1-3-5-17)18-7-6-16(14-20(18)27)25-13-10-21-8-11-24-12-9-21/h1-7,14,19H,8-13,15H2. The lowest BCUT2D eigenvalue weighted by atomic mass is 10.1. The summed E-state index contributed by atoms with van der Waals surface area (Å²) in [6.45, 7) is 4.72. The highest BCUT2D eigenvalue weighted by atomic mass is 32.2. The summed E-state index contributed by atoms with van der Waals surface area (Å²) >= 11 is 1.60. The first-order chi connectivity index (χ1) is 13.1. The topological polar surface area (TPSA) is 55.8 Å². The van der Waals surface area contributed by atoms with Crippen molar-refractivity contribution in [3.8, 4) is 5.75 Å². The van der Waals surface area contributed by atoms with E-state index < -0.39 is 9.84 Å². The van der Waals surface area contributed by atoms with Crippen LogP contribution in [0, 0.1) is 0 Å². The number of thioether (sulfide) groups is 1. The third-order valence-electron chi connectivity index (χ3n) is 4.84. The summed E-state index contributed by atoms with van der Waals surface area (Å²) < 4.78 is 36.4. The Hall–Kier alpha value is -1.54. The van der Waals surface area contributed by atoms with E-state index in [2.05, 4.69) is 4.90 Å². The monoisotopic (exact) mass is 405 g/mol. The highest BCUT2D eigenvalue weighted by Crippen LogP contribution is 2.45. The van der Waals surface area contributed by atoms with Crippen molar-refractivity contribution in [3.63, 3.8) is 0 Å². The van der Waals surface area contributed by atoms with Gasteiger partial charge in [-0.3, -0.25) is 4.90 Å². The van der Waals surface area contributed by atoms with E-state index in [0.717, 1.165) is 43.3 Å². The summed E-state index contributed by atoms with van der Waals surface area (Å²) in [7, 11) is -3.27. The van der Waals surface area contributed by atoms with Crippen molar-refractivity contribution in [1.29, 1.82) is 0 Å². The summed E-state index contributed by atoms with van der Waals surface area (Å²) in [4.78, 5) is 3.79. The molecule has 0 aliphatic carbocycles. The first-order valence-corrected chi connectivity index (χ1v) is 11.7. The largest absolute Gasteiger partial charge is 0.492 e. The molecule has 1 atom stereocenters. The molecule has 0 saturated carbocycles. The number of fused-ring (bicyclic) bond motifs is 1. The van der Waals surface area contributed by atoms with Gasteiger partial charge in [0.15, 0.2) is 9.84 Å². The molecule has 0 spiro atoms. The molecule has 4 rings (SSSR count). The van der Waals surface area contributed by atoms with E-state index in [9.17, 15) is 8.42 Å². The molecule has 2 aliphatic heterocycles. The third-order valence-corrected chi connectivity index (χ3v) is 8.10. The Labute approximate surface area is 164 Å². The maximum absolute atomic E-state index is 12.6. The Kier molecular flexibility index (Phi) is 5.73. The van der Waals surface area contributed by atoms with Gasteiger partial charge < -0.3 is 9.47 Å². The van der Waals surface area contributed by atoms with Crippen LogP contribution >= 0.6 is 11.8 Å². The lowest BCUT2D eigenvalue weighted by molar-refractivity contribution is 0.0322. The molecule has 27 heavy (non-hydrogen) atoms. The molecule has 5 nitrogen and oxygen atoms in total. The number of morpholine rings is 1. The zero-order valence-corrected chi connectivity index (χ0v) is 16.7. The number of hydrogen-bond acceptors (Lipinski definition) is 6. The summed E-state index contributed by atoms with van der Waals surface area (Å²) in [5.74, 6) is 0.759. The molecular weight excluding hydrogens is 382 g/mol. The van der Waals surface area contributed by atoms with E-state index in [4.69, 9.17) is 9.47 Å². The van der Waals surface area contributed by atoms with Gasteiger partial charge in [-0.15, -0.1) is 11.8 Å². The summed E-state index contributed by atoms with van der Waals surface area (Å²) in [5.41, 5.74) is 0.879. The molecular formula is C20H23NO4S2. The summed E-state index contributed by atoms with van der Waals surface area (Å²) in [5, 5.41) is -0.0743. The van der Waals surface area contributed by atoms with Crippen molar-refractivity contribution in [2.24, 2.45) is 0 Å². The van der Waals surface area contributed by atoms with Crippen LogP contribution in [-0.4, -0.2) is 58.5 Å². The van der Waals surface area contributed by atoms with Crippen molar-refractivity contribution in [3.05, 3.63) is 54.1 Å². The fourth-order valence-electron chi connectivity index (χ4n) is 3.40. The smallest absolute Gasteiger partial charge is 0.180 e. The molecule has 0 amide bonds. The van der Waals surface area contributed by atoms with Gasteiger partial charge in [-0.05, 0) is 29.8 Å². The van der Waals surface area contributed by atoms with Crippen LogP contribution in [0.4, 0.5) is 0 Å². The second-order valence-corrected chi connectivity index (χ2v) is 9.98. The molecule has 2 heterocycles. The molecule has 0 radical (unpaired) electrons. The van der Waals surface area contributed by atoms with Crippen LogP contribution in [0.25, 0.3) is 0 Å². The van der Waals surface area contributed by atoms with Crippen LogP contribution in [0.5, 0.6) is 5.75 Å². The fraction of sp³-hybridized carbons (Fsp3) is 0.400. The SMILES string of the molecule is O=S1(=O)CC(Sc2ccccc2)c2ccc(OCCN3CCOCC3)cc21. The van der Waals surface area contributed by atoms with Gasteiger partial charge in [-0.1, -0.05) is 24.3 Å². The fourth-order valence-corrected chi connectivity index (χ4v) is 6.88. The number of ether oxygens (including phenoxy) is 2. The molecule has 144 valence electrons. The minimum Gasteiger partial charge on any atom is -0.492 e. The number of nitrogens with zero attached hydrogens (tertiary/aromatic N) is 1. The zero-order valence-electron chi connectivity index (χ0n) is 15.0. The minimum atomic E-state index is -3.27. The van der Waals surface area contributed by atoms with Crippen LogP contribution in [0.3, 0.4) is 0 Å². The molecule has 2 aliphatic rings. The van der Waals surface area contributed by atoms with E-state index >= 15 is 0 Å². The molecule has 2 aromatic rings. The van der Waals surface area contributed by atoms with Crippen molar-refractivity contribution in [1.82, 2.24) is 4.90 Å². The summed E-state index contributed by atoms with van der Waals surface area (Å²) in [6, 6.07) is 15.4. The normalized spacial score (nSPS) is 21.7. The molecule has 1 saturated heterocycles. The van der Waals surface area contributed by atoms with Crippen molar-refractivity contribution >= 4 is 21.6 Å². The van der Waals surface area contributed by atoms with Crippen LogP contribution in [-0.2, 0) is 14.6 Å². The number of rotatable bonds is 6. The van der Waals surface area contributed by atoms with E-state index in [1.54, 1.807) is 17.8 Å². The van der Waals surface area contributed by atoms with Crippen LogP contribution in [0.2, 0.25) is 0 Å². The predicted molar refractivity (Wildman–Crippen MR) is 106 cm³/mol. The third kappa shape index (κ3) is 4.48. The lowest BCUT2D eigenvalue weighted by Gasteiger charge is -2.26. The van der Waals surface area contributed by atoms with Crippen molar-refractivity contribution < 1.29 is 17.9 Å². The highest BCUT2D eigenvalue weighted by molar-refractivity contribution is 8.01. The van der Waals surface area contributed by atoms with Gasteiger partial charge in [-0.2, -0.15) is 0 Å². The van der Waals surface area contributed by atoms with Gasteiger partial charge in [0.25, 0.3) is 0 Å². The van der Waals surface area contributed by atoms with E-state index in [1.807, 2.05) is 42.5 Å². The number of sulfone groups is 1. The maximum Gasteiger partial charge on any atom is 0.180 e. The average Bonchev–Trinajstić information content (AvgIpc) is 2.93. The minimum absolute atomic E-state index is 0.0743. The van der Waals surface area contributed by atoms with Crippen molar-refractivity contribution in [2.45, 2.75) is 15.0 Å². The first kappa shape index (κ1) is 18.8. The second-order valence-electron chi connectivity index (χ2n) is 6.70. The number of hydrogen-bond donors (Lipinski definition) is 0. The van der Waals surface area contributed by atoms with Crippen molar-refractivity contribution in [2.75, 3.05) is 45.2 Å². The van der Waals surface area contributed by atoms with E-state index in [-0.39, 0.29) is 11.0 Å². The Bertz CT molecular complexity index is 880. The first-order valence-electron chi connectivity index (χ1n) is 9.13. The van der Waals surface area contributed by atoms with Crippen LogP contribution < -0.4 is 4.74 Å². The number of benzene rings is 2. The Morgan fingerprint density at radius 2 is 1.89 bits per heavy atom. The van der Waals surface area contributed by atoms with Crippen LogP contribution in [0.15, 0.2) is 58.3 Å². The Morgan fingerprint density at radius 3 is 2.67 bits per heavy atom. The van der Waals surface area contributed by atoms with E-state index in [1.165, 1.54) is 0 Å². The molecule has 2 aromatic carbocycles. The zero-order chi connectivity index (χ0) is 18.7. The van der Waals surface area contributed by atoms with Gasteiger partial charge in [0.1, 0.15) is 12.4 Å². The van der Waals surface area contributed by atoms with Gasteiger partial charge in [0, 0.05) is 24.5 Å². The van der Waals surface area contributed by atoms with Gasteiger partial charge >= 0.3 is 0 Å². The van der Waals surface area contributed by atoms with Gasteiger partial charge in [0.05, 0.1) is 29.1 Å². The van der Waals surface area contributed by atoms with Gasteiger partial charge in [0.2, 0.25) is 0 Å². The molecule has 1 fully saturated rings. The lowest BCUT2D eigenvalue weighted by Crippen LogP contribution is -2.38. The molecule has 7 heteroatoms. The Morgan fingerprint density at radius 1 is 1.11 bits per heavy atom. The average molecular weight is 406 g/mol. The molecule has 0 N–H and O–H groups in total. The molecule has 0 bridgehead atoms. The van der Waals surface area contributed by atoms with E-state index in [0.29, 0.717) is 17.3 Å². The maximum atomic E-state index is 12.6. The van der Waals surface area contributed by atoms with Gasteiger partial charge in [-0.25, -0.2) is 8.42 Å². The molecule has 0 aromatic heterocycles. The summed E-state index contributed by atoms with van der Waals surface area (Å²) in [6.07, 6.45) is 0. The highest BCUT2D eigenvalue weighted by Gasteiger charge is 2.35. The quantitative estimate of drug-likeness (QED) is 0.736. The predicted octanol–water partition coefficient (Wildman–Crippen LogP) is 3.02. The second kappa shape index (κ2) is 8.22. The van der Waals surface area contributed by atoms with Crippen LogP contribution in [0.1, 0.15) is 10.8 Å². The Balaban J connectivity index is 1.44.